The van der Waals surface area contributed by atoms with Crippen LogP contribution in [0, 0.1) is 25.2 Å². The summed E-state index contributed by atoms with van der Waals surface area (Å²) >= 11 is 0. The second-order valence-corrected chi connectivity index (χ2v) is 5.73. The fourth-order valence-electron chi connectivity index (χ4n) is 2.47. The van der Waals surface area contributed by atoms with Crippen LogP contribution in [0.15, 0.2) is 29.1 Å². The van der Waals surface area contributed by atoms with E-state index in [0.29, 0.717) is 16.8 Å². The molecule has 0 atom stereocenters. The number of aryl methyl sites for hydroxylation is 1. The molecule has 1 amide bonds. The first kappa shape index (κ1) is 16.4. The SMILES string of the molecule is CC(=O)N(Cc1cccc(C#N)c1)c1nc2nc(C)c(C)c(=O)n2[nH]1. The van der Waals surface area contributed by atoms with Crippen LogP contribution >= 0.6 is 0 Å². The molecule has 0 fully saturated rings. The zero-order valence-electron chi connectivity index (χ0n) is 14.1. The number of fused-ring (bicyclic) bond motifs is 1. The van der Waals surface area contributed by atoms with Gasteiger partial charge in [-0.2, -0.15) is 14.8 Å². The number of nitrogens with one attached hydrogen (secondary N) is 1. The summed E-state index contributed by atoms with van der Waals surface area (Å²) in [6.07, 6.45) is 0. The van der Waals surface area contributed by atoms with E-state index in [1.807, 2.05) is 6.07 Å². The normalized spacial score (nSPS) is 10.6. The standard InChI is InChI=1S/C17H16N6O2/c1-10-11(2)19-16-20-17(21-23(16)15(10)25)22(12(3)24)9-14-6-4-5-13(7-14)8-18/h4-7H,9H2,1-3H3,(H,19,20,21). The lowest BCUT2D eigenvalue weighted by Crippen LogP contribution is -2.29. The van der Waals surface area contributed by atoms with Gasteiger partial charge in [0.25, 0.3) is 11.3 Å². The van der Waals surface area contributed by atoms with E-state index in [2.05, 4.69) is 21.1 Å². The van der Waals surface area contributed by atoms with Gasteiger partial charge >= 0.3 is 0 Å². The largest absolute Gasteiger partial charge is 0.277 e. The number of carbonyl (C=O) groups is 1. The van der Waals surface area contributed by atoms with Crippen molar-refractivity contribution in [1.82, 2.24) is 19.6 Å². The van der Waals surface area contributed by atoms with E-state index < -0.39 is 0 Å². The molecule has 0 saturated heterocycles. The number of amides is 1. The van der Waals surface area contributed by atoms with Crippen molar-refractivity contribution >= 4 is 17.6 Å². The molecule has 3 aromatic rings. The Bertz CT molecular complexity index is 1070. The minimum atomic E-state index is -0.253. The van der Waals surface area contributed by atoms with Crippen molar-refractivity contribution in [2.75, 3.05) is 4.90 Å². The molecule has 0 aliphatic carbocycles. The number of carbonyl (C=O) groups excluding carboxylic acids is 1. The number of benzene rings is 1. The number of anilines is 1. The zero-order chi connectivity index (χ0) is 18.1. The Hall–Kier alpha value is -3.47. The number of aromatic amines is 1. The van der Waals surface area contributed by atoms with Gasteiger partial charge in [-0.15, -0.1) is 0 Å². The van der Waals surface area contributed by atoms with E-state index in [1.165, 1.54) is 16.3 Å². The van der Waals surface area contributed by atoms with Crippen molar-refractivity contribution in [3.63, 3.8) is 0 Å². The third kappa shape index (κ3) is 2.99. The highest BCUT2D eigenvalue weighted by molar-refractivity contribution is 5.89. The predicted octanol–water partition coefficient (Wildman–Crippen LogP) is 1.46. The molecule has 2 aromatic heterocycles. The van der Waals surface area contributed by atoms with Gasteiger partial charge in [-0.3, -0.25) is 19.6 Å². The summed E-state index contributed by atoms with van der Waals surface area (Å²) in [5, 5.41) is 11.8. The van der Waals surface area contributed by atoms with Gasteiger partial charge in [0.05, 0.1) is 18.2 Å². The lowest BCUT2D eigenvalue weighted by molar-refractivity contribution is -0.116. The van der Waals surface area contributed by atoms with Gasteiger partial charge in [-0.25, -0.2) is 4.98 Å². The summed E-state index contributed by atoms with van der Waals surface area (Å²) < 4.78 is 1.22. The molecular weight excluding hydrogens is 320 g/mol. The lowest BCUT2D eigenvalue weighted by atomic mass is 10.1. The van der Waals surface area contributed by atoms with Gasteiger partial charge in [0.2, 0.25) is 11.9 Å². The van der Waals surface area contributed by atoms with Crippen molar-refractivity contribution in [3.8, 4) is 6.07 Å². The highest BCUT2D eigenvalue weighted by atomic mass is 16.2. The van der Waals surface area contributed by atoms with Crippen molar-refractivity contribution in [2.24, 2.45) is 0 Å². The van der Waals surface area contributed by atoms with Gasteiger partial charge in [0.15, 0.2) is 0 Å². The molecule has 0 aliphatic heterocycles. The summed E-state index contributed by atoms with van der Waals surface area (Å²) in [6.45, 7) is 5.06. The highest BCUT2D eigenvalue weighted by Crippen LogP contribution is 2.15. The highest BCUT2D eigenvalue weighted by Gasteiger charge is 2.18. The van der Waals surface area contributed by atoms with E-state index in [-0.39, 0.29) is 29.7 Å². The smallest absolute Gasteiger partial charge is 0.277 e. The van der Waals surface area contributed by atoms with E-state index in [9.17, 15) is 9.59 Å². The summed E-state index contributed by atoms with van der Waals surface area (Å²) in [5.41, 5.74) is 2.15. The van der Waals surface area contributed by atoms with Gasteiger partial charge in [-0.1, -0.05) is 12.1 Å². The first-order valence-corrected chi connectivity index (χ1v) is 7.64. The van der Waals surface area contributed by atoms with Crippen molar-refractivity contribution in [2.45, 2.75) is 27.3 Å². The Morgan fingerprint density at radius 2 is 2.12 bits per heavy atom. The van der Waals surface area contributed by atoms with Crippen LogP contribution in [0.1, 0.15) is 29.3 Å². The summed E-state index contributed by atoms with van der Waals surface area (Å²) in [5.74, 6) is 0.187. The maximum absolute atomic E-state index is 12.3. The van der Waals surface area contributed by atoms with Crippen LogP contribution in [0.3, 0.4) is 0 Å². The third-order valence-corrected chi connectivity index (χ3v) is 3.98. The topological polar surface area (TPSA) is 107 Å². The molecule has 0 spiro atoms. The molecule has 1 N–H and O–H groups in total. The number of rotatable bonds is 3. The van der Waals surface area contributed by atoms with Crippen LogP contribution in [-0.2, 0) is 11.3 Å². The minimum Gasteiger partial charge on any atom is -0.277 e. The molecule has 2 heterocycles. The molecule has 8 nitrogen and oxygen atoms in total. The molecule has 0 unspecified atom stereocenters. The maximum atomic E-state index is 12.3. The van der Waals surface area contributed by atoms with Crippen LogP contribution in [0.25, 0.3) is 5.78 Å². The Kier molecular flexibility index (Phi) is 4.07. The molecule has 0 radical (unpaired) electrons. The zero-order valence-corrected chi connectivity index (χ0v) is 14.1. The second kappa shape index (κ2) is 6.20. The third-order valence-electron chi connectivity index (χ3n) is 3.98. The molecular formula is C17H16N6O2. The fraction of sp³-hybridized carbons (Fsp3) is 0.235. The Labute approximate surface area is 143 Å². The Morgan fingerprint density at radius 1 is 1.36 bits per heavy atom. The maximum Gasteiger partial charge on any atom is 0.277 e. The molecule has 8 heteroatoms. The molecule has 126 valence electrons. The van der Waals surface area contributed by atoms with Crippen LogP contribution in [0.4, 0.5) is 5.95 Å². The average molecular weight is 336 g/mol. The van der Waals surface area contributed by atoms with Gasteiger partial charge in [0, 0.05) is 18.2 Å². The van der Waals surface area contributed by atoms with E-state index >= 15 is 0 Å². The first-order valence-electron chi connectivity index (χ1n) is 7.64. The summed E-state index contributed by atoms with van der Waals surface area (Å²) in [4.78, 5) is 34.3. The quantitative estimate of drug-likeness (QED) is 0.779. The van der Waals surface area contributed by atoms with Crippen molar-refractivity contribution in [3.05, 3.63) is 57.0 Å². The number of nitrogens with zero attached hydrogens (tertiary/aromatic N) is 5. The monoisotopic (exact) mass is 336 g/mol. The predicted molar refractivity (Wildman–Crippen MR) is 91.1 cm³/mol. The molecule has 3 rings (SSSR count). The van der Waals surface area contributed by atoms with Gasteiger partial charge in [0.1, 0.15) is 0 Å². The van der Waals surface area contributed by atoms with Gasteiger partial charge in [-0.05, 0) is 31.5 Å². The van der Waals surface area contributed by atoms with Gasteiger partial charge < -0.3 is 0 Å². The fourth-order valence-corrected chi connectivity index (χ4v) is 2.47. The molecule has 1 aromatic carbocycles. The number of nitriles is 1. The van der Waals surface area contributed by atoms with E-state index in [0.717, 1.165) is 5.56 Å². The minimum absolute atomic E-state index is 0.208. The Balaban J connectivity index is 2.05. The van der Waals surface area contributed by atoms with Crippen LogP contribution in [0.2, 0.25) is 0 Å². The molecule has 25 heavy (non-hydrogen) atoms. The van der Waals surface area contributed by atoms with E-state index in [1.54, 1.807) is 32.0 Å². The van der Waals surface area contributed by atoms with Crippen LogP contribution in [-0.4, -0.2) is 25.5 Å². The van der Waals surface area contributed by atoms with E-state index in [4.69, 9.17) is 5.26 Å². The molecule has 0 bridgehead atoms. The molecule has 0 aliphatic rings. The molecule has 0 saturated carbocycles. The summed E-state index contributed by atoms with van der Waals surface area (Å²) in [6, 6.07) is 9.04. The lowest BCUT2D eigenvalue weighted by Gasteiger charge is -2.17. The van der Waals surface area contributed by atoms with Crippen LogP contribution in [0.5, 0.6) is 0 Å². The second-order valence-electron chi connectivity index (χ2n) is 5.73. The number of hydrogen-bond acceptors (Lipinski definition) is 5. The number of hydrogen-bond donors (Lipinski definition) is 1. The average Bonchev–Trinajstić information content (AvgIpc) is 3.01. The first-order chi connectivity index (χ1) is 11.9. The summed E-state index contributed by atoms with van der Waals surface area (Å²) in [7, 11) is 0. The Morgan fingerprint density at radius 3 is 2.80 bits per heavy atom. The van der Waals surface area contributed by atoms with Crippen LogP contribution < -0.4 is 10.5 Å². The van der Waals surface area contributed by atoms with Crippen molar-refractivity contribution < 1.29 is 4.79 Å². The van der Waals surface area contributed by atoms with Crippen molar-refractivity contribution in [1.29, 1.82) is 5.26 Å². The number of aromatic nitrogens is 4. The number of H-pyrrole nitrogens is 1.